The Morgan fingerprint density at radius 1 is 1.19 bits per heavy atom. The monoisotopic (exact) mass is 447 g/mol. The van der Waals surface area contributed by atoms with E-state index in [9.17, 15) is 9.90 Å². The summed E-state index contributed by atoms with van der Waals surface area (Å²) in [6.45, 7) is 1.41. The highest BCUT2D eigenvalue weighted by molar-refractivity contribution is 6.32. The van der Waals surface area contributed by atoms with Gasteiger partial charge in [-0.3, -0.25) is 9.78 Å². The van der Waals surface area contributed by atoms with E-state index in [0.29, 0.717) is 17.6 Å². The molecule has 1 aromatic heterocycles. The van der Waals surface area contributed by atoms with E-state index in [4.69, 9.17) is 11.6 Å². The van der Waals surface area contributed by atoms with Gasteiger partial charge in [0.2, 0.25) is 0 Å². The summed E-state index contributed by atoms with van der Waals surface area (Å²) in [6, 6.07) is 13.9. The zero-order valence-electron chi connectivity index (χ0n) is 18.0. The lowest BCUT2D eigenvalue weighted by atomic mass is 9.73. The molecule has 1 aliphatic heterocycles. The van der Waals surface area contributed by atoms with Crippen LogP contribution in [0.25, 0.3) is 0 Å². The highest BCUT2D eigenvalue weighted by atomic mass is 35.5. The second-order valence-corrected chi connectivity index (χ2v) is 9.14. The molecule has 3 aromatic rings. The molecule has 5 rings (SSSR count). The average Bonchev–Trinajstić information content (AvgIpc) is 2.95. The van der Waals surface area contributed by atoms with E-state index in [-0.39, 0.29) is 17.6 Å². The van der Waals surface area contributed by atoms with Gasteiger partial charge in [-0.15, -0.1) is 0 Å². The summed E-state index contributed by atoms with van der Waals surface area (Å²) < 4.78 is 0. The third kappa shape index (κ3) is 3.76. The number of hydrogen-bond donors (Lipinski definition) is 2. The predicted molar refractivity (Wildman–Crippen MR) is 125 cm³/mol. The number of halogens is 1. The number of likely N-dealkylation sites (N-methyl/N-ethyl adjacent to an activating group) is 1. The van der Waals surface area contributed by atoms with Crippen molar-refractivity contribution in [2.45, 2.75) is 37.8 Å². The van der Waals surface area contributed by atoms with E-state index in [1.165, 1.54) is 11.1 Å². The summed E-state index contributed by atoms with van der Waals surface area (Å²) in [6.07, 6.45) is 6.17. The molecule has 0 fully saturated rings. The minimum atomic E-state index is -0.0572. The van der Waals surface area contributed by atoms with Gasteiger partial charge in [-0.1, -0.05) is 23.7 Å². The number of nitrogens with one attached hydrogen (secondary N) is 1. The van der Waals surface area contributed by atoms with Crippen molar-refractivity contribution in [2.75, 3.05) is 13.6 Å². The van der Waals surface area contributed by atoms with Crippen molar-refractivity contribution in [3.05, 3.63) is 93.3 Å². The molecule has 2 atom stereocenters. The molecule has 0 bridgehead atoms. The summed E-state index contributed by atoms with van der Waals surface area (Å²) in [5.74, 6) is 0.155. The van der Waals surface area contributed by atoms with Crippen LogP contribution in [0, 0.1) is 0 Å². The molecular formula is C26H26ClN3O2. The first kappa shape index (κ1) is 21.0. The Labute approximate surface area is 193 Å². The minimum Gasteiger partial charge on any atom is -0.506 e. The molecule has 0 spiro atoms. The van der Waals surface area contributed by atoms with Gasteiger partial charge in [-0.05, 0) is 84.5 Å². The highest BCUT2D eigenvalue weighted by Crippen LogP contribution is 2.45. The fourth-order valence-electron chi connectivity index (χ4n) is 5.27. The topological polar surface area (TPSA) is 65.5 Å². The molecule has 2 N–H and O–H groups in total. The quantitative estimate of drug-likeness (QED) is 0.628. The first-order valence-corrected chi connectivity index (χ1v) is 11.4. The molecule has 0 radical (unpaired) electrons. The van der Waals surface area contributed by atoms with Crippen molar-refractivity contribution in [3.63, 3.8) is 0 Å². The molecule has 1 aliphatic carbocycles. The summed E-state index contributed by atoms with van der Waals surface area (Å²) >= 11 is 6.24. The van der Waals surface area contributed by atoms with Gasteiger partial charge in [0, 0.05) is 43.0 Å². The predicted octanol–water partition coefficient (Wildman–Crippen LogP) is 4.31. The van der Waals surface area contributed by atoms with Crippen molar-refractivity contribution in [1.29, 1.82) is 0 Å². The van der Waals surface area contributed by atoms with Crippen LogP contribution in [0.5, 0.6) is 5.75 Å². The Morgan fingerprint density at radius 2 is 2.00 bits per heavy atom. The Hall–Kier alpha value is -2.89. The Balaban J connectivity index is 1.53. The van der Waals surface area contributed by atoms with E-state index >= 15 is 0 Å². The smallest absolute Gasteiger partial charge is 0.251 e. The Morgan fingerprint density at radius 3 is 2.81 bits per heavy atom. The zero-order chi connectivity index (χ0) is 22.2. The number of amides is 1. The number of pyridine rings is 1. The maximum Gasteiger partial charge on any atom is 0.251 e. The summed E-state index contributed by atoms with van der Waals surface area (Å²) in [7, 11) is 2.17. The summed E-state index contributed by atoms with van der Waals surface area (Å²) in [5, 5.41) is 13.8. The van der Waals surface area contributed by atoms with E-state index in [2.05, 4.69) is 28.3 Å². The first-order chi connectivity index (χ1) is 15.5. The lowest BCUT2D eigenvalue weighted by Crippen LogP contribution is -2.40. The molecule has 0 saturated heterocycles. The molecular weight excluding hydrogens is 422 g/mol. The highest BCUT2D eigenvalue weighted by Gasteiger charge is 2.38. The maximum atomic E-state index is 13.1. The lowest BCUT2D eigenvalue weighted by molar-refractivity contribution is 0.0949. The fraction of sp³-hybridized carbons (Fsp3) is 0.308. The number of rotatable bonds is 3. The van der Waals surface area contributed by atoms with Gasteiger partial charge < -0.3 is 15.3 Å². The van der Waals surface area contributed by atoms with Crippen LogP contribution < -0.4 is 5.32 Å². The average molecular weight is 448 g/mol. The third-order valence-electron chi connectivity index (χ3n) is 6.91. The number of phenols is 1. The van der Waals surface area contributed by atoms with Crippen molar-refractivity contribution in [3.8, 4) is 5.75 Å². The van der Waals surface area contributed by atoms with Crippen LogP contribution in [0.2, 0.25) is 5.02 Å². The standard InChI is InChI=1S/C26H26ClN3O2/c1-30-12-9-17-13-22(27)24(31)14-21(17)25-19-3-2-4-20(18(19)5-6-23(25)30)26(32)29-15-16-7-10-28-11-8-16/h2-4,7-8,10-11,13-14,23,25,31H,5-6,9,12,15H2,1H3,(H,29,32)/t23-,25+/m0/s1. The number of phenolic OH excluding ortho intramolecular Hbond substituents is 1. The van der Waals surface area contributed by atoms with Gasteiger partial charge in [-0.25, -0.2) is 0 Å². The minimum absolute atomic E-state index is 0.0572. The van der Waals surface area contributed by atoms with Gasteiger partial charge in [0.1, 0.15) is 5.75 Å². The van der Waals surface area contributed by atoms with Gasteiger partial charge >= 0.3 is 0 Å². The maximum absolute atomic E-state index is 13.1. The van der Waals surface area contributed by atoms with Crippen molar-refractivity contribution < 1.29 is 9.90 Å². The van der Waals surface area contributed by atoms with Gasteiger partial charge in [0.05, 0.1) is 5.02 Å². The van der Waals surface area contributed by atoms with E-state index in [0.717, 1.165) is 48.1 Å². The lowest BCUT2D eigenvalue weighted by Gasteiger charge is -2.38. The van der Waals surface area contributed by atoms with Crippen LogP contribution >= 0.6 is 11.6 Å². The molecule has 6 heteroatoms. The number of benzene rings is 2. The Kier molecular flexibility index (Phi) is 5.62. The van der Waals surface area contributed by atoms with Gasteiger partial charge in [-0.2, -0.15) is 0 Å². The number of hydrogen-bond acceptors (Lipinski definition) is 4. The molecule has 2 heterocycles. The largest absolute Gasteiger partial charge is 0.506 e. The molecule has 0 saturated carbocycles. The summed E-state index contributed by atoms with van der Waals surface area (Å²) in [4.78, 5) is 19.6. The number of carbonyl (C=O) groups excluding carboxylic acids is 1. The summed E-state index contributed by atoms with van der Waals surface area (Å²) in [5.41, 5.74) is 6.34. The molecule has 0 unspecified atom stereocenters. The first-order valence-electron chi connectivity index (χ1n) is 11.0. The van der Waals surface area contributed by atoms with Crippen molar-refractivity contribution in [2.24, 2.45) is 0 Å². The molecule has 2 aliphatic rings. The zero-order valence-corrected chi connectivity index (χ0v) is 18.8. The molecule has 32 heavy (non-hydrogen) atoms. The number of aromatic hydroxyl groups is 1. The van der Waals surface area contributed by atoms with E-state index in [1.807, 2.05) is 36.4 Å². The van der Waals surface area contributed by atoms with Gasteiger partial charge in [0.15, 0.2) is 0 Å². The fourth-order valence-corrected chi connectivity index (χ4v) is 5.46. The number of nitrogens with zero attached hydrogens (tertiary/aromatic N) is 2. The van der Waals surface area contributed by atoms with Crippen LogP contribution in [-0.2, 0) is 19.4 Å². The van der Waals surface area contributed by atoms with Crippen LogP contribution in [-0.4, -0.2) is 40.5 Å². The third-order valence-corrected chi connectivity index (χ3v) is 7.22. The number of carbonyl (C=O) groups is 1. The van der Waals surface area contributed by atoms with E-state index < -0.39 is 0 Å². The molecule has 164 valence electrons. The normalized spacial score (nSPS) is 19.9. The van der Waals surface area contributed by atoms with Crippen LogP contribution in [0.3, 0.4) is 0 Å². The molecule has 2 aromatic carbocycles. The molecule has 1 amide bonds. The molecule has 5 nitrogen and oxygen atoms in total. The van der Waals surface area contributed by atoms with Gasteiger partial charge in [0.25, 0.3) is 5.91 Å². The van der Waals surface area contributed by atoms with Crippen molar-refractivity contribution in [1.82, 2.24) is 15.2 Å². The second kappa shape index (κ2) is 8.57. The van der Waals surface area contributed by atoms with Crippen LogP contribution in [0.15, 0.2) is 54.9 Å². The number of fused-ring (bicyclic) bond motifs is 5. The van der Waals surface area contributed by atoms with E-state index in [1.54, 1.807) is 12.4 Å². The van der Waals surface area contributed by atoms with Crippen LogP contribution in [0.1, 0.15) is 50.5 Å². The SMILES string of the molecule is CN1CCc2cc(Cl)c(O)cc2[C@H]2c3cccc(C(=O)NCc4ccncc4)c3CC[C@@H]21. The van der Waals surface area contributed by atoms with Crippen LogP contribution in [0.4, 0.5) is 0 Å². The Bertz CT molecular complexity index is 1170. The second-order valence-electron chi connectivity index (χ2n) is 8.73. The van der Waals surface area contributed by atoms with Crippen molar-refractivity contribution >= 4 is 17.5 Å². The number of aromatic nitrogens is 1.